The average Bonchev–Trinajstić information content (AvgIpc) is 3.43. The van der Waals surface area contributed by atoms with Crippen molar-refractivity contribution in [1.82, 2.24) is 24.9 Å². The number of rotatable bonds is 6. The maximum Gasteiger partial charge on any atom is 0.255 e. The second kappa shape index (κ2) is 12.7. The smallest absolute Gasteiger partial charge is 0.255 e. The first kappa shape index (κ1) is 28.0. The Morgan fingerprint density at radius 1 is 1.10 bits per heavy atom. The molecule has 2 aromatic carbocycles. The number of nitrogens with one attached hydrogen (secondary N) is 1. The van der Waals surface area contributed by atoms with Crippen molar-refractivity contribution in [2.45, 2.75) is 25.6 Å². The molecule has 0 radical (unpaired) electrons. The number of hydrogen-bond donors (Lipinski definition) is 1. The highest BCUT2D eigenvalue weighted by molar-refractivity contribution is 6.03. The van der Waals surface area contributed by atoms with E-state index in [1.54, 1.807) is 24.9 Å². The van der Waals surface area contributed by atoms with E-state index in [1.165, 1.54) is 11.1 Å². The van der Waals surface area contributed by atoms with Crippen LogP contribution in [0.1, 0.15) is 28.4 Å². The number of anilines is 1. The lowest BCUT2D eigenvalue weighted by Crippen LogP contribution is -2.53. The van der Waals surface area contributed by atoms with Crippen LogP contribution >= 0.6 is 0 Å². The molecule has 9 heteroatoms. The molecule has 1 N–H and O–H groups in total. The van der Waals surface area contributed by atoms with Gasteiger partial charge in [0.1, 0.15) is 17.9 Å². The maximum absolute atomic E-state index is 13.5. The highest BCUT2D eigenvalue weighted by Gasteiger charge is 2.36. The van der Waals surface area contributed by atoms with Gasteiger partial charge in [0.2, 0.25) is 0 Å². The van der Waals surface area contributed by atoms with E-state index in [4.69, 9.17) is 11.2 Å². The van der Waals surface area contributed by atoms with Crippen molar-refractivity contribution < 1.29 is 14.3 Å². The van der Waals surface area contributed by atoms with E-state index in [9.17, 15) is 9.59 Å². The van der Waals surface area contributed by atoms with Gasteiger partial charge in [-0.1, -0.05) is 48.1 Å². The Morgan fingerprint density at radius 2 is 1.83 bits per heavy atom. The first-order chi connectivity index (χ1) is 19.9. The number of fused-ring (bicyclic) bond motifs is 1. The third-order valence-corrected chi connectivity index (χ3v) is 7.38. The number of carbonyl (C=O) groups excluding carboxylic acids is 2. The van der Waals surface area contributed by atoms with E-state index in [0.29, 0.717) is 36.6 Å². The largest absolute Gasteiger partial charge is 0.486 e. The first-order valence-electron chi connectivity index (χ1n) is 13.7. The lowest BCUT2D eigenvalue weighted by Gasteiger charge is -2.32. The predicted octanol–water partition coefficient (Wildman–Crippen LogP) is 2.08. The van der Waals surface area contributed by atoms with Crippen LogP contribution in [0, 0.1) is 24.2 Å². The van der Waals surface area contributed by atoms with Gasteiger partial charge in [0.05, 0.1) is 37.1 Å². The highest BCUT2D eigenvalue weighted by atomic mass is 16.5. The summed E-state index contributed by atoms with van der Waals surface area (Å²) in [5.41, 5.74) is 2.86. The second-order valence-electron chi connectivity index (χ2n) is 10.3. The Balaban J connectivity index is 1.22. The molecule has 2 aliphatic heterocycles. The molecule has 1 fully saturated rings. The predicted molar refractivity (Wildman–Crippen MR) is 158 cm³/mol. The van der Waals surface area contributed by atoms with E-state index in [2.05, 4.69) is 38.0 Å². The average molecular weight is 551 g/mol. The van der Waals surface area contributed by atoms with E-state index in [1.807, 2.05) is 48.5 Å². The minimum Gasteiger partial charge on any atom is -0.486 e. The molecule has 3 aromatic rings. The van der Waals surface area contributed by atoms with Crippen LogP contribution in [0.2, 0.25) is 0 Å². The topological polar surface area (TPSA) is 82.9 Å². The summed E-state index contributed by atoms with van der Waals surface area (Å²) in [5.74, 6) is 9.09. The number of nitrogens with zero attached hydrogens (tertiary/aromatic N) is 5. The lowest BCUT2D eigenvalue weighted by molar-refractivity contribution is -0.121. The molecule has 1 aromatic heterocycles. The Bertz CT molecular complexity index is 1490. The zero-order valence-corrected chi connectivity index (χ0v) is 23.4. The van der Waals surface area contributed by atoms with Crippen LogP contribution in [0.25, 0.3) is 0 Å². The van der Waals surface area contributed by atoms with Crippen LogP contribution in [0.5, 0.6) is 5.75 Å². The van der Waals surface area contributed by atoms with Crippen LogP contribution in [0.4, 0.5) is 5.69 Å². The van der Waals surface area contributed by atoms with Gasteiger partial charge < -0.3 is 15.0 Å². The number of ether oxygens (including phenoxy) is 1. The zero-order chi connectivity index (χ0) is 28.8. The van der Waals surface area contributed by atoms with Crippen molar-refractivity contribution in [1.29, 1.82) is 0 Å². The Hall–Kier alpha value is -4.57. The Morgan fingerprint density at radius 3 is 2.56 bits per heavy atom. The van der Waals surface area contributed by atoms with Gasteiger partial charge in [-0.2, -0.15) is 5.10 Å². The number of aromatic nitrogens is 2. The number of terminal acetylenes is 1. The number of benzene rings is 2. The summed E-state index contributed by atoms with van der Waals surface area (Å²) in [7, 11) is 1.69. The van der Waals surface area contributed by atoms with Gasteiger partial charge in [0.25, 0.3) is 11.8 Å². The summed E-state index contributed by atoms with van der Waals surface area (Å²) in [6.07, 6.45) is 8.01. The number of likely N-dealkylation sites (N-methyl/N-ethyl adjacent to an activating group) is 1. The second-order valence-corrected chi connectivity index (χ2v) is 10.3. The molecule has 210 valence electrons. The third-order valence-electron chi connectivity index (χ3n) is 7.38. The summed E-state index contributed by atoms with van der Waals surface area (Å²) < 4.78 is 7.84. The van der Waals surface area contributed by atoms with Crippen molar-refractivity contribution >= 4 is 17.5 Å². The fourth-order valence-corrected chi connectivity index (χ4v) is 4.98. The lowest BCUT2D eigenvalue weighted by atomic mass is 10.1. The van der Waals surface area contributed by atoms with Gasteiger partial charge in [-0.15, -0.1) is 6.42 Å². The molecule has 5 rings (SSSR count). The van der Waals surface area contributed by atoms with Crippen LogP contribution in [-0.4, -0.2) is 89.9 Å². The molecule has 0 spiro atoms. The summed E-state index contributed by atoms with van der Waals surface area (Å²) in [6, 6.07) is 14.6. The highest BCUT2D eigenvalue weighted by Crippen LogP contribution is 2.33. The minimum absolute atomic E-state index is 0.267. The van der Waals surface area contributed by atoms with E-state index >= 15 is 0 Å². The first-order valence-corrected chi connectivity index (χ1v) is 13.7. The van der Waals surface area contributed by atoms with Gasteiger partial charge in [-0.3, -0.25) is 24.1 Å². The standard InChI is InChI=1S/C32H34N6O3/c1-4-14-36-16-18-37(19-17-36)15-8-11-25-12-13-29-28(20-25)35(3)32(40)30(24(2)41-29)34-31(39)27-21-33-38(23-27)22-26-9-6-5-7-10-26/h1,5-7,9-10,12-13,20-21,23-24,30H,14-19,22H2,2-3H3,(H,34,39)/t24-,30+/m1/s1. The summed E-state index contributed by atoms with van der Waals surface area (Å²) in [5, 5.41) is 7.17. The van der Waals surface area contributed by atoms with Gasteiger partial charge in [-0.05, 0) is 30.7 Å². The molecule has 41 heavy (non-hydrogen) atoms. The number of hydrogen-bond acceptors (Lipinski definition) is 6. The molecule has 1 saturated heterocycles. The number of amides is 2. The summed E-state index contributed by atoms with van der Waals surface area (Å²) >= 11 is 0. The maximum atomic E-state index is 13.5. The fraction of sp³-hybridized carbons (Fsp3) is 0.344. The molecule has 2 aliphatic rings. The molecule has 3 heterocycles. The Kier molecular flexibility index (Phi) is 8.69. The molecule has 0 aliphatic carbocycles. The molecule has 2 amide bonds. The minimum atomic E-state index is -0.875. The molecular weight excluding hydrogens is 516 g/mol. The van der Waals surface area contributed by atoms with Gasteiger partial charge in [0, 0.05) is 45.0 Å². The van der Waals surface area contributed by atoms with Crippen molar-refractivity contribution in [3.8, 4) is 29.9 Å². The van der Waals surface area contributed by atoms with Gasteiger partial charge in [-0.25, -0.2) is 0 Å². The van der Waals surface area contributed by atoms with Crippen molar-refractivity contribution in [2.75, 3.05) is 51.2 Å². The SMILES string of the molecule is C#CCN1CCN(CC#Cc2ccc3c(c2)N(C)C(=O)[C@@H](NC(=O)c2cnn(Cc4ccccc4)c2)[C@@H](C)O3)CC1. The van der Waals surface area contributed by atoms with Gasteiger partial charge >= 0.3 is 0 Å². The molecular formula is C32H34N6O3. The van der Waals surface area contributed by atoms with Crippen molar-refractivity contribution in [3.05, 3.63) is 77.6 Å². The van der Waals surface area contributed by atoms with E-state index in [-0.39, 0.29) is 11.8 Å². The molecule has 2 atom stereocenters. The van der Waals surface area contributed by atoms with Crippen molar-refractivity contribution in [3.63, 3.8) is 0 Å². The van der Waals surface area contributed by atoms with Crippen LogP contribution < -0.4 is 15.0 Å². The molecule has 0 saturated carbocycles. The van der Waals surface area contributed by atoms with Crippen molar-refractivity contribution in [2.24, 2.45) is 0 Å². The summed E-state index contributed by atoms with van der Waals surface area (Å²) in [4.78, 5) is 32.7. The molecule has 9 nitrogen and oxygen atoms in total. The van der Waals surface area contributed by atoms with Crippen LogP contribution in [0.15, 0.2) is 60.9 Å². The van der Waals surface area contributed by atoms with E-state index in [0.717, 1.165) is 37.3 Å². The van der Waals surface area contributed by atoms with Crippen LogP contribution in [-0.2, 0) is 11.3 Å². The number of carbonyl (C=O) groups is 2. The third kappa shape index (κ3) is 6.78. The monoisotopic (exact) mass is 550 g/mol. The quantitative estimate of drug-likeness (QED) is 0.474. The zero-order valence-electron chi connectivity index (χ0n) is 23.4. The van der Waals surface area contributed by atoms with E-state index < -0.39 is 12.1 Å². The van der Waals surface area contributed by atoms with Crippen LogP contribution in [0.3, 0.4) is 0 Å². The normalized spacial score (nSPS) is 19.2. The fourth-order valence-electron chi connectivity index (χ4n) is 4.98. The molecule has 0 unspecified atom stereocenters. The summed E-state index contributed by atoms with van der Waals surface area (Å²) in [6.45, 7) is 7.44. The number of piperazine rings is 1. The molecule has 0 bridgehead atoms. The van der Waals surface area contributed by atoms with Gasteiger partial charge in [0.15, 0.2) is 0 Å². The Labute approximate surface area is 241 Å².